The van der Waals surface area contributed by atoms with Crippen LogP contribution in [0, 0.1) is 0 Å². The number of nitrogens with one attached hydrogen (secondary N) is 1. The van der Waals surface area contributed by atoms with Gasteiger partial charge in [-0.25, -0.2) is 0 Å². The van der Waals surface area contributed by atoms with E-state index in [1.54, 1.807) is 6.20 Å². The molecular weight excluding hydrogens is 258 g/mol. The van der Waals surface area contributed by atoms with Gasteiger partial charge in [0.15, 0.2) is 0 Å². The molecule has 3 nitrogen and oxygen atoms in total. The van der Waals surface area contributed by atoms with Crippen LogP contribution in [0.25, 0.3) is 10.9 Å². The van der Waals surface area contributed by atoms with Gasteiger partial charge >= 0.3 is 0 Å². The third-order valence-electron chi connectivity index (χ3n) is 3.32. The number of rotatable bonds is 6. The molecule has 0 aliphatic heterocycles. The van der Waals surface area contributed by atoms with Gasteiger partial charge in [0, 0.05) is 24.7 Å². The molecule has 0 saturated heterocycles. The first-order chi connectivity index (χ1) is 9.24. The first kappa shape index (κ1) is 14.1. The normalized spacial score (nSPS) is 11.2. The highest BCUT2D eigenvalue weighted by Crippen LogP contribution is 2.23. The number of para-hydroxylation sites is 1. The molecule has 102 valence electrons. The molecule has 1 N–H and O–H groups in total. The summed E-state index contributed by atoms with van der Waals surface area (Å²) in [7, 11) is 0. The van der Waals surface area contributed by atoms with Crippen LogP contribution in [0.3, 0.4) is 0 Å². The number of aromatic nitrogens is 1. The average Bonchev–Trinajstić information content (AvgIpc) is 2.43. The van der Waals surface area contributed by atoms with Crippen LogP contribution in [0.1, 0.15) is 13.8 Å². The molecule has 1 aromatic heterocycles. The first-order valence-corrected chi connectivity index (χ1v) is 7.13. The van der Waals surface area contributed by atoms with E-state index in [2.05, 4.69) is 35.1 Å². The lowest BCUT2D eigenvalue weighted by atomic mass is 10.2. The van der Waals surface area contributed by atoms with Gasteiger partial charge in [0.25, 0.3) is 0 Å². The topological polar surface area (TPSA) is 28.2 Å². The summed E-state index contributed by atoms with van der Waals surface area (Å²) in [4.78, 5) is 6.80. The van der Waals surface area contributed by atoms with E-state index in [0.29, 0.717) is 5.02 Å². The van der Waals surface area contributed by atoms with E-state index in [9.17, 15) is 0 Å². The average molecular weight is 278 g/mol. The van der Waals surface area contributed by atoms with Gasteiger partial charge in [0.1, 0.15) is 0 Å². The number of likely N-dealkylation sites (N-methyl/N-ethyl adjacent to an activating group) is 1. The fraction of sp³-hybridized carbons (Fsp3) is 0.400. The van der Waals surface area contributed by atoms with E-state index in [0.717, 1.165) is 42.8 Å². The Hall–Kier alpha value is -1.32. The predicted molar refractivity (Wildman–Crippen MR) is 83.0 cm³/mol. The standard InChI is InChI=1S/C15H20ClN3/c1-3-19(4-2)9-8-17-14-7-5-6-12-10-13(16)11-18-15(12)14/h5-7,10-11,17H,3-4,8-9H2,1-2H3. The van der Waals surface area contributed by atoms with Crippen molar-refractivity contribution in [3.05, 3.63) is 35.5 Å². The first-order valence-electron chi connectivity index (χ1n) is 6.75. The molecule has 19 heavy (non-hydrogen) atoms. The molecule has 0 saturated carbocycles. The third kappa shape index (κ3) is 3.58. The van der Waals surface area contributed by atoms with E-state index >= 15 is 0 Å². The fourth-order valence-electron chi connectivity index (χ4n) is 2.17. The van der Waals surface area contributed by atoms with Crippen LogP contribution in [-0.4, -0.2) is 36.1 Å². The zero-order valence-corrected chi connectivity index (χ0v) is 12.2. The maximum atomic E-state index is 5.96. The minimum atomic E-state index is 0.674. The number of anilines is 1. The maximum Gasteiger partial charge on any atom is 0.0934 e. The molecule has 0 spiro atoms. The van der Waals surface area contributed by atoms with Crippen LogP contribution in [0.4, 0.5) is 5.69 Å². The Morgan fingerprint density at radius 1 is 1.26 bits per heavy atom. The molecular formula is C15H20ClN3. The van der Waals surface area contributed by atoms with Crippen LogP contribution < -0.4 is 5.32 Å². The van der Waals surface area contributed by atoms with Crippen molar-refractivity contribution in [2.75, 3.05) is 31.5 Å². The molecule has 0 bridgehead atoms. The van der Waals surface area contributed by atoms with Gasteiger partial charge in [-0.05, 0) is 25.2 Å². The Morgan fingerprint density at radius 3 is 2.79 bits per heavy atom. The van der Waals surface area contributed by atoms with Gasteiger partial charge in [0.2, 0.25) is 0 Å². The van der Waals surface area contributed by atoms with E-state index in [1.165, 1.54) is 0 Å². The lowest BCUT2D eigenvalue weighted by Gasteiger charge is -2.18. The smallest absolute Gasteiger partial charge is 0.0934 e. The number of halogens is 1. The van der Waals surface area contributed by atoms with E-state index < -0.39 is 0 Å². The molecule has 1 heterocycles. The van der Waals surface area contributed by atoms with Crippen molar-refractivity contribution in [2.24, 2.45) is 0 Å². The van der Waals surface area contributed by atoms with Crippen molar-refractivity contribution in [1.29, 1.82) is 0 Å². The number of hydrogen-bond acceptors (Lipinski definition) is 3. The second-order valence-corrected chi connectivity index (χ2v) is 4.92. The molecule has 1 aromatic carbocycles. The van der Waals surface area contributed by atoms with Crippen molar-refractivity contribution in [1.82, 2.24) is 9.88 Å². The highest BCUT2D eigenvalue weighted by atomic mass is 35.5. The molecule has 2 rings (SSSR count). The molecule has 2 aromatic rings. The van der Waals surface area contributed by atoms with Crippen molar-refractivity contribution in [3.8, 4) is 0 Å². The highest BCUT2D eigenvalue weighted by Gasteiger charge is 2.03. The van der Waals surface area contributed by atoms with E-state index in [-0.39, 0.29) is 0 Å². The Morgan fingerprint density at radius 2 is 2.05 bits per heavy atom. The Bertz CT molecular complexity index is 538. The predicted octanol–water partition coefficient (Wildman–Crippen LogP) is 3.64. The largest absolute Gasteiger partial charge is 0.382 e. The van der Waals surface area contributed by atoms with E-state index in [4.69, 9.17) is 11.6 Å². The van der Waals surface area contributed by atoms with Gasteiger partial charge in [0.05, 0.1) is 16.2 Å². The monoisotopic (exact) mass is 277 g/mol. The number of pyridine rings is 1. The summed E-state index contributed by atoms with van der Waals surface area (Å²) in [5.41, 5.74) is 2.05. The van der Waals surface area contributed by atoms with Crippen LogP contribution in [0.5, 0.6) is 0 Å². The minimum Gasteiger partial charge on any atom is -0.382 e. The summed E-state index contributed by atoms with van der Waals surface area (Å²) >= 11 is 5.96. The zero-order valence-electron chi connectivity index (χ0n) is 11.5. The SMILES string of the molecule is CCN(CC)CCNc1cccc2cc(Cl)cnc12. The van der Waals surface area contributed by atoms with E-state index in [1.807, 2.05) is 18.2 Å². The molecule has 0 amide bonds. The lowest BCUT2D eigenvalue weighted by molar-refractivity contribution is 0.316. The van der Waals surface area contributed by atoms with Crippen LogP contribution >= 0.6 is 11.6 Å². The number of nitrogens with zero attached hydrogens (tertiary/aromatic N) is 2. The molecule has 0 aliphatic carbocycles. The van der Waals surface area contributed by atoms with Crippen molar-refractivity contribution < 1.29 is 0 Å². The highest BCUT2D eigenvalue weighted by molar-refractivity contribution is 6.31. The fourth-order valence-corrected chi connectivity index (χ4v) is 2.33. The van der Waals surface area contributed by atoms with Crippen molar-refractivity contribution >= 4 is 28.2 Å². The summed E-state index contributed by atoms with van der Waals surface area (Å²) < 4.78 is 0. The molecule has 0 aliphatic rings. The van der Waals surface area contributed by atoms with Gasteiger partial charge in [-0.1, -0.05) is 37.6 Å². The molecule has 4 heteroatoms. The quantitative estimate of drug-likeness (QED) is 0.874. The van der Waals surface area contributed by atoms with Crippen LogP contribution in [0.15, 0.2) is 30.5 Å². The lowest BCUT2D eigenvalue weighted by Crippen LogP contribution is -2.28. The minimum absolute atomic E-state index is 0.674. The maximum absolute atomic E-state index is 5.96. The third-order valence-corrected chi connectivity index (χ3v) is 3.52. The second-order valence-electron chi connectivity index (χ2n) is 4.48. The zero-order chi connectivity index (χ0) is 13.7. The second kappa shape index (κ2) is 6.73. The van der Waals surface area contributed by atoms with Gasteiger partial charge in [-0.15, -0.1) is 0 Å². The number of benzene rings is 1. The van der Waals surface area contributed by atoms with Crippen LogP contribution in [0.2, 0.25) is 5.02 Å². The summed E-state index contributed by atoms with van der Waals surface area (Å²) in [5.74, 6) is 0. The number of fused-ring (bicyclic) bond motifs is 1. The van der Waals surface area contributed by atoms with Crippen LogP contribution in [-0.2, 0) is 0 Å². The van der Waals surface area contributed by atoms with Gasteiger partial charge in [-0.3, -0.25) is 4.98 Å². The Labute approximate surface area is 119 Å². The molecule has 0 radical (unpaired) electrons. The molecule has 0 fully saturated rings. The summed E-state index contributed by atoms with van der Waals surface area (Å²) in [5, 5.41) is 5.20. The molecule has 0 unspecified atom stereocenters. The summed E-state index contributed by atoms with van der Waals surface area (Å²) in [6.07, 6.45) is 1.69. The summed E-state index contributed by atoms with van der Waals surface area (Å²) in [6, 6.07) is 8.06. The van der Waals surface area contributed by atoms with Crippen molar-refractivity contribution in [3.63, 3.8) is 0 Å². The van der Waals surface area contributed by atoms with Gasteiger partial charge < -0.3 is 10.2 Å². The number of hydrogen-bond donors (Lipinski definition) is 1. The Balaban J connectivity index is 2.08. The molecule has 0 atom stereocenters. The summed E-state index contributed by atoms with van der Waals surface area (Å²) in [6.45, 7) is 8.50. The van der Waals surface area contributed by atoms with Crippen molar-refractivity contribution in [2.45, 2.75) is 13.8 Å². The Kier molecular flexibility index (Phi) is 5.00. The van der Waals surface area contributed by atoms with Gasteiger partial charge in [-0.2, -0.15) is 0 Å².